The van der Waals surface area contributed by atoms with Gasteiger partial charge in [-0.1, -0.05) is 65.8 Å². The molecule has 0 aromatic carbocycles. The maximum absolute atomic E-state index is 11.5. The third-order valence-electron chi connectivity index (χ3n) is 3.33. The van der Waals surface area contributed by atoms with Gasteiger partial charge in [-0.15, -0.1) is 0 Å². The van der Waals surface area contributed by atoms with E-state index in [0.29, 0.717) is 0 Å². The molecular weight excluding hydrogens is 361 g/mol. The smallest absolute Gasteiger partial charge is 0.145 e. The molecule has 0 bridgehead atoms. The van der Waals surface area contributed by atoms with Gasteiger partial charge < -0.3 is 0 Å². The molecule has 0 N–H and O–H groups in total. The molecule has 0 atom stereocenters. The molecule has 3 heteroatoms. The van der Waals surface area contributed by atoms with E-state index in [2.05, 4.69) is 24.3 Å². The summed E-state index contributed by atoms with van der Waals surface area (Å²) in [5, 5.41) is 0. The second kappa shape index (κ2) is 11.1. The van der Waals surface area contributed by atoms with Crippen LogP contribution in [-0.2, 0) is 29.1 Å². The molecule has 0 saturated heterocycles. The second-order valence-electron chi connectivity index (χ2n) is 7.62. The van der Waals surface area contributed by atoms with Crippen molar-refractivity contribution in [3.05, 3.63) is 24.3 Å². The van der Waals surface area contributed by atoms with Crippen molar-refractivity contribution in [1.82, 2.24) is 0 Å². The number of ketones is 2. The fourth-order valence-electron chi connectivity index (χ4n) is 1.53. The van der Waals surface area contributed by atoms with Crippen LogP contribution in [0.25, 0.3) is 0 Å². The SMILES string of the molecule is C1=CCCC=CCC1.CC(C)(C)C(=O)CC(=O)C(C)(C)C.[Ru]. The van der Waals surface area contributed by atoms with Crippen LogP contribution in [0, 0.1) is 10.8 Å². The molecule has 128 valence electrons. The zero-order chi connectivity index (χ0) is 16.5. The molecule has 0 fully saturated rings. The molecule has 2 nitrogen and oxygen atoms in total. The molecule has 0 heterocycles. The number of Topliss-reactive ketones (excluding diaryl/α,β-unsaturated/α-hetero) is 2. The van der Waals surface area contributed by atoms with Crippen molar-refractivity contribution in [3.63, 3.8) is 0 Å². The Kier molecular flexibility index (Phi) is 11.9. The summed E-state index contributed by atoms with van der Waals surface area (Å²) in [6.07, 6.45) is 14.1. The number of rotatable bonds is 2. The van der Waals surface area contributed by atoms with Gasteiger partial charge in [0.25, 0.3) is 0 Å². The van der Waals surface area contributed by atoms with Crippen LogP contribution in [0.2, 0.25) is 0 Å². The molecule has 0 aliphatic heterocycles. The van der Waals surface area contributed by atoms with Crippen LogP contribution in [-0.4, -0.2) is 11.6 Å². The van der Waals surface area contributed by atoms with E-state index in [4.69, 9.17) is 0 Å². The summed E-state index contributed by atoms with van der Waals surface area (Å²) >= 11 is 0. The second-order valence-corrected chi connectivity index (χ2v) is 7.62. The van der Waals surface area contributed by atoms with Gasteiger partial charge in [0, 0.05) is 30.3 Å². The van der Waals surface area contributed by atoms with Crippen LogP contribution < -0.4 is 0 Å². The summed E-state index contributed by atoms with van der Waals surface area (Å²) in [7, 11) is 0. The van der Waals surface area contributed by atoms with Gasteiger partial charge in [-0.2, -0.15) is 0 Å². The first-order valence-corrected chi connectivity index (χ1v) is 7.92. The minimum atomic E-state index is -0.402. The molecule has 0 aromatic heterocycles. The van der Waals surface area contributed by atoms with Crippen LogP contribution in [0.3, 0.4) is 0 Å². The van der Waals surface area contributed by atoms with Crippen molar-refractivity contribution in [2.75, 3.05) is 0 Å². The molecule has 1 aliphatic rings. The summed E-state index contributed by atoms with van der Waals surface area (Å²) in [5.41, 5.74) is -0.804. The normalized spacial score (nSPS) is 14.8. The molecule has 0 spiro atoms. The number of hydrogen-bond acceptors (Lipinski definition) is 2. The van der Waals surface area contributed by atoms with Gasteiger partial charge in [0.05, 0.1) is 6.42 Å². The average molecular weight is 394 g/mol. The summed E-state index contributed by atoms with van der Waals surface area (Å²) < 4.78 is 0. The van der Waals surface area contributed by atoms with E-state index in [-0.39, 0.29) is 37.5 Å². The van der Waals surface area contributed by atoms with Crippen molar-refractivity contribution in [2.24, 2.45) is 10.8 Å². The van der Waals surface area contributed by atoms with Gasteiger partial charge in [-0.25, -0.2) is 0 Å². The van der Waals surface area contributed by atoms with E-state index >= 15 is 0 Å². The Labute approximate surface area is 149 Å². The molecule has 22 heavy (non-hydrogen) atoms. The minimum absolute atomic E-state index is 0. The zero-order valence-corrected chi connectivity index (χ0v) is 16.8. The summed E-state index contributed by atoms with van der Waals surface area (Å²) in [6.45, 7) is 11.0. The predicted molar refractivity (Wildman–Crippen MR) is 90.3 cm³/mol. The fraction of sp³-hybridized carbons (Fsp3) is 0.684. The molecule has 0 radical (unpaired) electrons. The van der Waals surface area contributed by atoms with E-state index in [9.17, 15) is 9.59 Å². The van der Waals surface area contributed by atoms with E-state index < -0.39 is 10.8 Å². The first-order valence-electron chi connectivity index (χ1n) is 7.92. The first kappa shape index (κ1) is 23.7. The Hall–Kier alpha value is -0.557. The summed E-state index contributed by atoms with van der Waals surface area (Å²) in [4.78, 5) is 23.0. The van der Waals surface area contributed by atoms with Crippen molar-refractivity contribution >= 4 is 11.6 Å². The number of carbonyl (C=O) groups is 2. The monoisotopic (exact) mass is 394 g/mol. The van der Waals surface area contributed by atoms with Crippen LogP contribution >= 0.6 is 0 Å². The number of allylic oxidation sites excluding steroid dienone is 4. The van der Waals surface area contributed by atoms with Gasteiger partial charge in [0.2, 0.25) is 0 Å². The first-order chi connectivity index (χ1) is 9.55. The molecular formula is C19H32O2Ru. The van der Waals surface area contributed by atoms with Gasteiger partial charge in [0.1, 0.15) is 11.6 Å². The Balaban J connectivity index is 0. The van der Waals surface area contributed by atoms with Crippen LogP contribution in [0.4, 0.5) is 0 Å². The Morgan fingerprint density at radius 2 is 0.909 bits per heavy atom. The maximum Gasteiger partial charge on any atom is 0.145 e. The number of carbonyl (C=O) groups excluding carboxylic acids is 2. The summed E-state index contributed by atoms with van der Waals surface area (Å²) in [5.74, 6) is 0.0415. The molecule has 0 saturated carbocycles. The average Bonchev–Trinajstić information content (AvgIpc) is 2.25. The molecule has 0 unspecified atom stereocenters. The standard InChI is InChI=1S/C11H20O2.C8H12.Ru/c1-10(2,3)8(12)7-9(13)11(4,5)6;1-2-4-6-8-7-5-3-1;/h7H2,1-6H3;1-2,7-8H,3-6H2;. The van der Waals surface area contributed by atoms with Gasteiger partial charge >= 0.3 is 0 Å². The van der Waals surface area contributed by atoms with Crippen LogP contribution in [0.1, 0.15) is 73.6 Å². The zero-order valence-electron chi connectivity index (χ0n) is 15.0. The predicted octanol–water partition coefficient (Wildman–Crippen LogP) is 5.28. The Morgan fingerprint density at radius 3 is 1.09 bits per heavy atom. The van der Waals surface area contributed by atoms with E-state index in [0.717, 1.165) is 0 Å². The third-order valence-corrected chi connectivity index (χ3v) is 3.33. The number of hydrogen-bond donors (Lipinski definition) is 0. The van der Waals surface area contributed by atoms with Crippen molar-refractivity contribution in [2.45, 2.75) is 73.6 Å². The van der Waals surface area contributed by atoms with E-state index in [1.54, 1.807) is 0 Å². The minimum Gasteiger partial charge on any atom is -0.299 e. The van der Waals surface area contributed by atoms with Gasteiger partial charge in [0.15, 0.2) is 0 Å². The topological polar surface area (TPSA) is 34.1 Å². The molecule has 0 aromatic rings. The largest absolute Gasteiger partial charge is 0.299 e. The Morgan fingerprint density at radius 1 is 0.682 bits per heavy atom. The van der Waals surface area contributed by atoms with Gasteiger partial charge in [-0.3, -0.25) is 9.59 Å². The van der Waals surface area contributed by atoms with E-state index in [1.165, 1.54) is 25.7 Å². The van der Waals surface area contributed by atoms with E-state index in [1.807, 2.05) is 41.5 Å². The molecule has 1 aliphatic carbocycles. The van der Waals surface area contributed by atoms with Crippen molar-refractivity contribution in [3.8, 4) is 0 Å². The van der Waals surface area contributed by atoms with Crippen molar-refractivity contribution < 1.29 is 29.1 Å². The molecule has 0 amide bonds. The van der Waals surface area contributed by atoms with Crippen molar-refractivity contribution in [1.29, 1.82) is 0 Å². The molecule has 1 rings (SSSR count). The van der Waals surface area contributed by atoms with Gasteiger partial charge in [-0.05, 0) is 25.7 Å². The quantitative estimate of drug-likeness (QED) is 0.363. The third kappa shape index (κ3) is 12.0. The maximum atomic E-state index is 11.5. The summed E-state index contributed by atoms with van der Waals surface area (Å²) in [6, 6.07) is 0. The Bertz CT molecular complexity index is 343. The van der Waals surface area contributed by atoms with Crippen LogP contribution in [0.5, 0.6) is 0 Å². The van der Waals surface area contributed by atoms with Crippen LogP contribution in [0.15, 0.2) is 24.3 Å². The fourth-order valence-corrected chi connectivity index (χ4v) is 1.53.